The van der Waals surface area contributed by atoms with Crippen LogP contribution in [0.3, 0.4) is 0 Å². The lowest BCUT2D eigenvalue weighted by Crippen LogP contribution is -2.46. The van der Waals surface area contributed by atoms with Gasteiger partial charge in [0.25, 0.3) is 0 Å². The number of Topliss-reactive ketones (excluding diaryl/α,β-unsaturated/α-hetero) is 1. The largest absolute Gasteiger partial charge is 0.410 e. The number of amides is 1. The number of carbonyl (C=O) groups excluding carboxylic acids is 2. The summed E-state index contributed by atoms with van der Waals surface area (Å²) in [4.78, 5) is 26.8. The third kappa shape index (κ3) is 9.52. The van der Waals surface area contributed by atoms with Crippen LogP contribution in [0, 0.1) is 17.8 Å². The van der Waals surface area contributed by atoms with Gasteiger partial charge in [0.2, 0.25) is 5.91 Å². The number of hydrogen-bond donors (Lipinski definition) is 0. The highest BCUT2D eigenvalue weighted by Crippen LogP contribution is 2.40. The van der Waals surface area contributed by atoms with Gasteiger partial charge in [-0.25, -0.2) is 0 Å². The average Bonchev–Trinajstić information content (AvgIpc) is 2.70. The molecule has 0 aromatic carbocycles. The Kier molecular flexibility index (Phi) is 12.6. The molecule has 4 atom stereocenters. The fraction of sp³-hybridized carbons (Fsp3) is 0.786. The van der Waals surface area contributed by atoms with Crippen LogP contribution in [0.25, 0.3) is 0 Å². The smallest absolute Gasteiger partial charge is 0.249 e. The molecule has 4 nitrogen and oxygen atoms in total. The molecule has 0 heterocycles. The van der Waals surface area contributed by atoms with E-state index in [1.807, 2.05) is 13.0 Å². The summed E-state index contributed by atoms with van der Waals surface area (Å²) in [6.07, 6.45) is 5.77. The van der Waals surface area contributed by atoms with Crippen LogP contribution in [-0.4, -0.2) is 44.1 Å². The molecule has 0 saturated carbocycles. The maximum atomic E-state index is 13.0. The van der Waals surface area contributed by atoms with E-state index >= 15 is 0 Å². The van der Waals surface area contributed by atoms with Gasteiger partial charge in [-0.05, 0) is 82.0 Å². The summed E-state index contributed by atoms with van der Waals surface area (Å²) in [6, 6.07) is -0.364. The van der Waals surface area contributed by atoms with E-state index in [0.29, 0.717) is 29.7 Å². The summed E-state index contributed by atoms with van der Waals surface area (Å²) in [5.41, 5.74) is 1.98. The molecule has 0 aliphatic heterocycles. The monoisotopic (exact) mass is 479 g/mol. The van der Waals surface area contributed by atoms with Crippen molar-refractivity contribution < 1.29 is 14.0 Å². The van der Waals surface area contributed by atoms with Gasteiger partial charge in [0.15, 0.2) is 14.1 Å². The molecule has 1 amide bonds. The molecule has 0 aliphatic rings. The van der Waals surface area contributed by atoms with Crippen molar-refractivity contribution in [2.24, 2.45) is 17.8 Å². The van der Waals surface area contributed by atoms with Crippen LogP contribution in [0.5, 0.6) is 0 Å². The third-order valence-corrected chi connectivity index (χ3v) is 12.0. The summed E-state index contributed by atoms with van der Waals surface area (Å²) in [6.45, 7) is 27.8. The molecule has 0 aliphatic carbocycles. The first kappa shape index (κ1) is 31.8. The van der Waals surface area contributed by atoms with Gasteiger partial charge in [0.1, 0.15) is 0 Å². The summed E-state index contributed by atoms with van der Waals surface area (Å²) in [5.74, 6) is 1.00. The second kappa shape index (κ2) is 13.0. The van der Waals surface area contributed by atoms with Crippen LogP contribution < -0.4 is 0 Å². The van der Waals surface area contributed by atoms with Gasteiger partial charge < -0.3 is 9.33 Å². The van der Waals surface area contributed by atoms with Crippen LogP contribution in [0.15, 0.2) is 23.3 Å². The maximum Gasteiger partial charge on any atom is 0.249 e. The van der Waals surface area contributed by atoms with Crippen LogP contribution in [0.1, 0.15) is 89.0 Å². The van der Waals surface area contributed by atoms with Crippen LogP contribution in [0.2, 0.25) is 18.1 Å². The Bertz CT molecular complexity index is 715. The van der Waals surface area contributed by atoms with Crippen molar-refractivity contribution in [2.45, 2.75) is 119 Å². The highest BCUT2D eigenvalue weighted by molar-refractivity contribution is 6.74. The molecule has 0 fully saturated rings. The van der Waals surface area contributed by atoms with Gasteiger partial charge >= 0.3 is 0 Å². The predicted octanol–water partition coefficient (Wildman–Crippen LogP) is 7.41. The lowest BCUT2D eigenvalue weighted by atomic mass is 9.85. The summed E-state index contributed by atoms with van der Waals surface area (Å²) < 4.78 is 6.86. The Labute approximate surface area is 206 Å². The fourth-order valence-electron chi connectivity index (χ4n) is 3.70. The lowest BCUT2D eigenvalue weighted by molar-refractivity contribution is -0.134. The third-order valence-electron chi connectivity index (χ3n) is 7.59. The Morgan fingerprint density at radius 2 is 1.55 bits per heavy atom. The normalized spacial score (nSPS) is 17.5. The number of carbonyl (C=O) groups is 2. The second-order valence-electron chi connectivity index (χ2n) is 12.0. The first-order valence-electron chi connectivity index (χ1n) is 12.6. The number of rotatable bonds is 12. The average molecular weight is 480 g/mol. The highest BCUT2D eigenvalue weighted by atomic mass is 28.4. The number of ketones is 1. The van der Waals surface area contributed by atoms with Crippen LogP contribution >= 0.6 is 0 Å². The SMILES string of the molecule is C/C=C(\C)C(O[Si](C)(C)C(C)(C)C)[C@@H](C)[C@@H](C)C/C=C(\C)C(=O)N(C)C(CC(C)C)C(C)=O. The molecule has 0 bridgehead atoms. The van der Waals surface area contributed by atoms with E-state index < -0.39 is 8.32 Å². The molecule has 0 saturated heterocycles. The van der Waals surface area contributed by atoms with Crippen LogP contribution in [-0.2, 0) is 14.0 Å². The van der Waals surface area contributed by atoms with Crippen molar-refractivity contribution in [1.82, 2.24) is 4.90 Å². The van der Waals surface area contributed by atoms with Gasteiger partial charge in [-0.3, -0.25) is 9.59 Å². The molecule has 0 spiro atoms. The van der Waals surface area contributed by atoms with Crippen molar-refractivity contribution >= 4 is 20.0 Å². The van der Waals surface area contributed by atoms with Gasteiger partial charge in [-0.15, -0.1) is 0 Å². The van der Waals surface area contributed by atoms with Gasteiger partial charge in [-0.1, -0.05) is 60.6 Å². The van der Waals surface area contributed by atoms with Gasteiger partial charge in [0, 0.05) is 12.6 Å². The zero-order valence-corrected chi connectivity index (χ0v) is 25.1. The Morgan fingerprint density at radius 3 is 1.94 bits per heavy atom. The minimum absolute atomic E-state index is 0.0433. The minimum Gasteiger partial charge on any atom is -0.410 e. The molecule has 0 N–H and O–H groups in total. The molecular formula is C28H53NO3Si. The summed E-state index contributed by atoms with van der Waals surface area (Å²) in [5, 5.41) is 0.152. The second-order valence-corrected chi connectivity index (χ2v) is 16.7. The number of allylic oxidation sites excluding steroid dienone is 2. The van der Waals surface area contributed by atoms with Crippen molar-refractivity contribution in [3.63, 3.8) is 0 Å². The van der Waals surface area contributed by atoms with Crippen molar-refractivity contribution in [3.8, 4) is 0 Å². The number of nitrogens with zero attached hydrogens (tertiary/aromatic N) is 1. The summed E-state index contributed by atoms with van der Waals surface area (Å²) in [7, 11) is -0.171. The molecule has 0 aromatic rings. The molecule has 0 radical (unpaired) electrons. The zero-order valence-electron chi connectivity index (χ0n) is 24.1. The molecule has 192 valence electrons. The van der Waals surface area contributed by atoms with Crippen molar-refractivity contribution in [2.75, 3.05) is 7.05 Å². The first-order chi connectivity index (χ1) is 14.9. The molecule has 2 unspecified atom stereocenters. The molecule has 0 aromatic heterocycles. The highest BCUT2D eigenvalue weighted by Gasteiger charge is 2.41. The summed E-state index contributed by atoms with van der Waals surface area (Å²) >= 11 is 0. The van der Waals surface area contributed by atoms with E-state index in [2.05, 4.69) is 81.5 Å². The Balaban J connectivity index is 5.52. The van der Waals surface area contributed by atoms with E-state index in [4.69, 9.17) is 4.43 Å². The van der Waals surface area contributed by atoms with E-state index in [-0.39, 0.29) is 28.9 Å². The molecule has 0 rings (SSSR count). The van der Waals surface area contributed by atoms with Crippen molar-refractivity contribution in [3.05, 3.63) is 23.3 Å². The number of hydrogen-bond acceptors (Lipinski definition) is 3. The zero-order chi connectivity index (χ0) is 26.3. The first-order valence-corrected chi connectivity index (χ1v) is 15.5. The quantitative estimate of drug-likeness (QED) is 0.166. The Morgan fingerprint density at radius 1 is 1.03 bits per heavy atom. The minimum atomic E-state index is -1.92. The Hall–Kier alpha value is -1.20. The lowest BCUT2D eigenvalue weighted by Gasteiger charge is -2.42. The van der Waals surface area contributed by atoms with Crippen LogP contribution in [0.4, 0.5) is 0 Å². The van der Waals surface area contributed by atoms with Gasteiger partial charge in [-0.2, -0.15) is 0 Å². The van der Waals surface area contributed by atoms with E-state index in [1.165, 1.54) is 5.57 Å². The van der Waals surface area contributed by atoms with E-state index in [9.17, 15) is 9.59 Å². The van der Waals surface area contributed by atoms with Gasteiger partial charge in [0.05, 0.1) is 12.1 Å². The number of likely N-dealkylation sites (N-methyl/N-ethyl adjacent to an activating group) is 1. The predicted molar refractivity (Wildman–Crippen MR) is 145 cm³/mol. The topological polar surface area (TPSA) is 46.6 Å². The van der Waals surface area contributed by atoms with Crippen molar-refractivity contribution in [1.29, 1.82) is 0 Å². The molecule has 33 heavy (non-hydrogen) atoms. The molecule has 5 heteroatoms. The molecular weight excluding hydrogens is 426 g/mol. The standard InChI is InChI=1S/C28H53NO3Si/c1-15-20(4)26(32-33(13,14)28(9,10)11)23(7)21(5)16-17-22(6)27(31)29(12)25(24(8)30)18-19(2)3/h15,17,19,21,23,25-26H,16,18H2,1-14H3/b20-15+,22-17+/t21-,23-,25?,26?/m0/s1. The fourth-order valence-corrected chi connectivity index (χ4v) is 5.09. The van der Waals surface area contributed by atoms with E-state index in [1.54, 1.807) is 18.9 Å². The van der Waals surface area contributed by atoms with E-state index in [0.717, 1.165) is 6.42 Å². The maximum absolute atomic E-state index is 13.0.